The van der Waals surface area contributed by atoms with E-state index in [9.17, 15) is 9.59 Å². The molecule has 1 unspecified atom stereocenters. The first-order valence-electron chi connectivity index (χ1n) is 9.08. The number of anilines is 1. The van der Waals surface area contributed by atoms with Crippen LogP contribution in [-0.4, -0.2) is 45.6 Å². The molecule has 3 N–H and O–H groups in total. The summed E-state index contributed by atoms with van der Waals surface area (Å²) in [6.45, 7) is 1.31. The summed E-state index contributed by atoms with van der Waals surface area (Å²) in [5.74, 6) is 1.21. The number of nitrogens with one attached hydrogen (secondary N) is 3. The van der Waals surface area contributed by atoms with Crippen LogP contribution < -0.4 is 20.3 Å². The van der Waals surface area contributed by atoms with Gasteiger partial charge < -0.3 is 20.3 Å². The van der Waals surface area contributed by atoms with E-state index in [1.165, 1.54) is 32.1 Å². The maximum Gasteiger partial charge on any atom is 0.279 e. The molecule has 1 aliphatic carbocycles. The zero-order chi connectivity index (χ0) is 18.1. The van der Waals surface area contributed by atoms with E-state index >= 15 is 0 Å². The minimum atomic E-state index is -0.120. The number of methoxy groups -OCH3 is 1. The fraction of sp³-hybridized carbons (Fsp3) is 0.579. The van der Waals surface area contributed by atoms with Gasteiger partial charge in [0.1, 0.15) is 5.75 Å². The molecule has 6 nitrogen and oxygen atoms in total. The van der Waals surface area contributed by atoms with Gasteiger partial charge in [-0.3, -0.25) is 9.59 Å². The van der Waals surface area contributed by atoms with Crippen LogP contribution in [0.5, 0.6) is 5.75 Å². The van der Waals surface area contributed by atoms with Crippen molar-refractivity contribution in [1.29, 1.82) is 0 Å². The Hall–Kier alpha value is -2.08. The van der Waals surface area contributed by atoms with E-state index in [-0.39, 0.29) is 18.4 Å². The van der Waals surface area contributed by atoms with E-state index in [2.05, 4.69) is 10.6 Å². The number of rotatable bonds is 8. The number of carbonyl (C=O) groups excluding carboxylic acids is 2. The molecule has 2 rings (SSSR count). The highest BCUT2D eigenvalue weighted by molar-refractivity contribution is 5.91. The van der Waals surface area contributed by atoms with Crippen LogP contribution in [0, 0.1) is 5.92 Å². The van der Waals surface area contributed by atoms with Gasteiger partial charge in [-0.2, -0.15) is 0 Å². The molecule has 138 valence electrons. The molecule has 1 saturated carbocycles. The lowest BCUT2D eigenvalue weighted by Crippen LogP contribution is -3.11. The van der Waals surface area contributed by atoms with Gasteiger partial charge in [-0.25, -0.2) is 0 Å². The number of hydrogen-bond donors (Lipinski definition) is 3. The van der Waals surface area contributed by atoms with E-state index in [1.54, 1.807) is 13.2 Å². The third-order valence-electron chi connectivity index (χ3n) is 4.59. The molecule has 0 aromatic heterocycles. The molecule has 0 spiro atoms. The Kier molecular flexibility index (Phi) is 7.73. The zero-order valence-electron chi connectivity index (χ0n) is 15.3. The Balaban J connectivity index is 1.68. The van der Waals surface area contributed by atoms with Gasteiger partial charge in [-0.05, 0) is 30.9 Å². The molecule has 0 aliphatic heterocycles. The monoisotopic (exact) mass is 348 g/mol. The smallest absolute Gasteiger partial charge is 0.279 e. The number of amides is 2. The van der Waals surface area contributed by atoms with Gasteiger partial charge in [0, 0.05) is 18.3 Å². The Bertz CT molecular complexity index is 571. The van der Waals surface area contributed by atoms with E-state index in [0.29, 0.717) is 23.9 Å². The Morgan fingerprint density at radius 3 is 2.60 bits per heavy atom. The SMILES string of the molecule is COc1cccc(NC(=O)C[NH+](C)CC(=O)NCC2CCCCC2)c1. The molecule has 0 bridgehead atoms. The van der Waals surface area contributed by atoms with Crippen molar-refractivity contribution < 1.29 is 19.2 Å². The summed E-state index contributed by atoms with van der Waals surface area (Å²) in [6, 6.07) is 7.23. The standard InChI is InChI=1S/C19H29N3O3/c1-22(13-18(23)20-12-15-7-4-3-5-8-15)14-19(24)21-16-9-6-10-17(11-16)25-2/h6,9-11,15H,3-5,7-8,12-14H2,1-2H3,(H,20,23)(H,21,24)/p+1. The third kappa shape index (κ3) is 7.13. The van der Waals surface area contributed by atoms with Crippen molar-refractivity contribution in [2.75, 3.05) is 39.1 Å². The average Bonchev–Trinajstić information content (AvgIpc) is 2.60. The Morgan fingerprint density at radius 1 is 1.16 bits per heavy atom. The first-order valence-corrected chi connectivity index (χ1v) is 9.08. The van der Waals surface area contributed by atoms with Gasteiger partial charge in [0.05, 0.1) is 14.2 Å². The number of ether oxygens (including phenoxy) is 1. The molecular formula is C19H30N3O3+. The highest BCUT2D eigenvalue weighted by Gasteiger charge is 2.17. The van der Waals surface area contributed by atoms with Crippen molar-refractivity contribution in [2.24, 2.45) is 5.92 Å². The average molecular weight is 348 g/mol. The molecule has 0 saturated heterocycles. The number of carbonyl (C=O) groups is 2. The van der Waals surface area contributed by atoms with Crippen LogP contribution in [0.25, 0.3) is 0 Å². The van der Waals surface area contributed by atoms with Crippen LogP contribution in [0.2, 0.25) is 0 Å². The highest BCUT2D eigenvalue weighted by Crippen LogP contribution is 2.22. The lowest BCUT2D eigenvalue weighted by atomic mass is 9.89. The molecule has 1 aromatic rings. The quantitative estimate of drug-likeness (QED) is 0.652. The van der Waals surface area contributed by atoms with Crippen LogP contribution in [0.3, 0.4) is 0 Å². The summed E-state index contributed by atoms with van der Waals surface area (Å²) in [6.07, 6.45) is 6.30. The predicted octanol–water partition coefficient (Wildman–Crippen LogP) is 0.845. The zero-order valence-corrected chi connectivity index (χ0v) is 15.3. The van der Waals surface area contributed by atoms with Crippen molar-refractivity contribution in [3.8, 4) is 5.75 Å². The minimum Gasteiger partial charge on any atom is -0.497 e. The third-order valence-corrected chi connectivity index (χ3v) is 4.59. The van der Waals surface area contributed by atoms with Gasteiger partial charge in [0.25, 0.3) is 11.8 Å². The van der Waals surface area contributed by atoms with Crippen LogP contribution in [0.4, 0.5) is 5.69 Å². The van der Waals surface area contributed by atoms with E-state index in [1.807, 2.05) is 25.2 Å². The summed E-state index contributed by atoms with van der Waals surface area (Å²) in [5, 5.41) is 5.85. The highest BCUT2D eigenvalue weighted by atomic mass is 16.5. The van der Waals surface area contributed by atoms with Crippen molar-refractivity contribution >= 4 is 17.5 Å². The van der Waals surface area contributed by atoms with E-state index in [4.69, 9.17) is 4.74 Å². The van der Waals surface area contributed by atoms with Gasteiger partial charge in [-0.1, -0.05) is 25.3 Å². The number of hydrogen-bond acceptors (Lipinski definition) is 3. The number of quaternary nitrogens is 1. The van der Waals surface area contributed by atoms with Crippen molar-refractivity contribution in [1.82, 2.24) is 5.32 Å². The Morgan fingerprint density at radius 2 is 1.88 bits per heavy atom. The summed E-state index contributed by atoms with van der Waals surface area (Å²) in [4.78, 5) is 25.0. The summed E-state index contributed by atoms with van der Waals surface area (Å²) < 4.78 is 5.14. The van der Waals surface area contributed by atoms with Gasteiger partial charge >= 0.3 is 0 Å². The molecule has 1 aliphatic rings. The first-order chi connectivity index (χ1) is 12.1. The molecular weight excluding hydrogens is 318 g/mol. The van der Waals surface area contributed by atoms with Crippen LogP contribution in [-0.2, 0) is 9.59 Å². The van der Waals surface area contributed by atoms with Crippen LogP contribution in [0.15, 0.2) is 24.3 Å². The van der Waals surface area contributed by atoms with Crippen LogP contribution in [0.1, 0.15) is 32.1 Å². The Labute approximate surface area is 149 Å². The molecule has 1 aromatic carbocycles. The topological polar surface area (TPSA) is 71.9 Å². The molecule has 25 heavy (non-hydrogen) atoms. The van der Waals surface area contributed by atoms with Crippen molar-refractivity contribution in [3.63, 3.8) is 0 Å². The minimum absolute atomic E-state index is 0.0113. The number of likely N-dealkylation sites (N-methyl/N-ethyl adjacent to an activating group) is 1. The molecule has 1 atom stereocenters. The van der Waals surface area contributed by atoms with Crippen LogP contribution >= 0.6 is 0 Å². The van der Waals surface area contributed by atoms with E-state index in [0.717, 1.165) is 11.4 Å². The normalized spacial score (nSPS) is 16.1. The van der Waals surface area contributed by atoms with Gasteiger partial charge in [-0.15, -0.1) is 0 Å². The molecule has 6 heteroatoms. The second-order valence-corrected chi connectivity index (χ2v) is 6.90. The first kappa shape index (κ1) is 19.2. The summed E-state index contributed by atoms with van der Waals surface area (Å²) >= 11 is 0. The van der Waals surface area contributed by atoms with Gasteiger partial charge in [0.15, 0.2) is 13.1 Å². The second kappa shape index (κ2) is 10.0. The van der Waals surface area contributed by atoms with Gasteiger partial charge in [0.2, 0.25) is 0 Å². The maximum absolute atomic E-state index is 12.1. The fourth-order valence-electron chi connectivity index (χ4n) is 3.23. The van der Waals surface area contributed by atoms with Crippen molar-refractivity contribution in [3.05, 3.63) is 24.3 Å². The fourth-order valence-corrected chi connectivity index (χ4v) is 3.23. The lowest BCUT2D eigenvalue weighted by Gasteiger charge is -2.22. The molecule has 2 amide bonds. The lowest BCUT2D eigenvalue weighted by molar-refractivity contribution is -0.862. The second-order valence-electron chi connectivity index (χ2n) is 6.90. The maximum atomic E-state index is 12.1. The summed E-state index contributed by atoms with van der Waals surface area (Å²) in [7, 11) is 3.44. The van der Waals surface area contributed by atoms with Crippen molar-refractivity contribution in [2.45, 2.75) is 32.1 Å². The molecule has 1 fully saturated rings. The number of benzene rings is 1. The largest absolute Gasteiger partial charge is 0.497 e. The van der Waals surface area contributed by atoms with E-state index < -0.39 is 0 Å². The molecule has 0 radical (unpaired) electrons. The predicted molar refractivity (Wildman–Crippen MR) is 97.8 cm³/mol. The summed E-state index contributed by atoms with van der Waals surface area (Å²) in [5.41, 5.74) is 0.693. The molecule has 0 heterocycles.